The molecule has 106 valence electrons. The van der Waals surface area contributed by atoms with E-state index in [4.69, 9.17) is 0 Å². The molecule has 3 nitrogen and oxygen atoms in total. The zero-order valence-corrected chi connectivity index (χ0v) is 13.4. The minimum absolute atomic E-state index is 0.0754. The fraction of sp³-hybridized carbons (Fsp3) is 0.533. The summed E-state index contributed by atoms with van der Waals surface area (Å²) in [5, 5.41) is 3.40. The van der Waals surface area contributed by atoms with Crippen molar-refractivity contribution < 1.29 is 9.53 Å². The van der Waals surface area contributed by atoms with Gasteiger partial charge in [-0.05, 0) is 30.7 Å². The molecule has 0 saturated carbocycles. The topological polar surface area (TPSA) is 38.3 Å². The van der Waals surface area contributed by atoms with Crippen molar-refractivity contribution in [3.63, 3.8) is 0 Å². The Hall–Kier alpha value is -0.870. The van der Waals surface area contributed by atoms with Gasteiger partial charge in [0.25, 0.3) is 0 Å². The summed E-state index contributed by atoms with van der Waals surface area (Å²) in [6, 6.07) is 8.41. The molecule has 0 heterocycles. The number of esters is 1. The second-order valence-corrected chi connectivity index (χ2v) is 6.16. The molecule has 0 fully saturated rings. The van der Waals surface area contributed by atoms with Gasteiger partial charge in [-0.1, -0.05) is 41.9 Å². The number of hydrogen-bond donors (Lipinski definition) is 1. The van der Waals surface area contributed by atoms with Crippen LogP contribution in [0.1, 0.15) is 32.3 Å². The van der Waals surface area contributed by atoms with Crippen molar-refractivity contribution in [1.82, 2.24) is 5.32 Å². The number of ether oxygens (including phenoxy) is 1. The quantitative estimate of drug-likeness (QED) is 0.617. The molecular formula is C15H22BrNO2. The first-order valence-electron chi connectivity index (χ1n) is 6.49. The van der Waals surface area contributed by atoms with Crippen LogP contribution in [-0.2, 0) is 14.9 Å². The molecule has 1 aromatic rings. The maximum Gasteiger partial charge on any atom is 0.305 e. The fourth-order valence-electron chi connectivity index (χ4n) is 1.86. The molecule has 0 aliphatic rings. The Bertz CT molecular complexity index is 401. The van der Waals surface area contributed by atoms with Crippen LogP contribution in [0.2, 0.25) is 0 Å². The number of hydrogen-bond acceptors (Lipinski definition) is 3. The fourth-order valence-corrected chi connectivity index (χ4v) is 2.13. The van der Waals surface area contributed by atoms with Crippen LogP contribution in [0.25, 0.3) is 0 Å². The molecule has 0 amide bonds. The second-order valence-electron chi connectivity index (χ2n) is 5.25. The van der Waals surface area contributed by atoms with Gasteiger partial charge in [0.1, 0.15) is 0 Å². The van der Waals surface area contributed by atoms with Crippen LogP contribution in [-0.4, -0.2) is 26.2 Å². The molecule has 0 saturated heterocycles. The number of nitrogens with one attached hydrogen (secondary N) is 1. The minimum Gasteiger partial charge on any atom is -0.469 e. The monoisotopic (exact) mass is 327 g/mol. The molecule has 0 spiro atoms. The molecule has 0 radical (unpaired) electrons. The maximum atomic E-state index is 11.0. The van der Waals surface area contributed by atoms with Gasteiger partial charge in [-0.2, -0.15) is 0 Å². The zero-order valence-electron chi connectivity index (χ0n) is 11.8. The van der Waals surface area contributed by atoms with E-state index in [-0.39, 0.29) is 11.4 Å². The molecule has 0 atom stereocenters. The number of benzene rings is 1. The summed E-state index contributed by atoms with van der Waals surface area (Å²) < 4.78 is 5.70. The lowest BCUT2D eigenvalue weighted by atomic mass is 9.84. The number of halogens is 1. The van der Waals surface area contributed by atoms with Crippen molar-refractivity contribution in [2.24, 2.45) is 0 Å². The van der Waals surface area contributed by atoms with Crippen molar-refractivity contribution in [2.75, 3.05) is 20.2 Å². The van der Waals surface area contributed by atoms with Crippen molar-refractivity contribution in [3.05, 3.63) is 34.3 Å². The number of carbonyl (C=O) groups excluding carboxylic acids is 1. The highest BCUT2D eigenvalue weighted by Crippen LogP contribution is 2.23. The predicted molar refractivity (Wildman–Crippen MR) is 81.3 cm³/mol. The van der Waals surface area contributed by atoms with Gasteiger partial charge < -0.3 is 10.1 Å². The van der Waals surface area contributed by atoms with Crippen LogP contribution < -0.4 is 5.32 Å². The Balaban J connectivity index is 2.34. The molecule has 0 bridgehead atoms. The predicted octanol–water partition coefficient (Wildman–Crippen LogP) is 3.27. The molecule has 0 aliphatic carbocycles. The molecular weight excluding hydrogens is 306 g/mol. The first kappa shape index (κ1) is 16.2. The van der Waals surface area contributed by atoms with Crippen molar-refractivity contribution in [2.45, 2.75) is 32.1 Å². The van der Waals surface area contributed by atoms with Crippen LogP contribution in [0.4, 0.5) is 0 Å². The van der Waals surface area contributed by atoms with Gasteiger partial charge in [0.05, 0.1) is 7.11 Å². The van der Waals surface area contributed by atoms with Crippen LogP contribution >= 0.6 is 15.9 Å². The molecule has 1 rings (SSSR count). The molecule has 0 aromatic heterocycles. The Morgan fingerprint density at radius 3 is 2.53 bits per heavy atom. The van der Waals surface area contributed by atoms with E-state index in [0.717, 1.165) is 24.0 Å². The summed E-state index contributed by atoms with van der Waals surface area (Å²) in [7, 11) is 1.42. The maximum absolute atomic E-state index is 11.0. The molecule has 0 aliphatic heterocycles. The summed E-state index contributed by atoms with van der Waals surface area (Å²) in [4.78, 5) is 11.0. The average molecular weight is 328 g/mol. The van der Waals surface area contributed by atoms with Gasteiger partial charge in [-0.25, -0.2) is 0 Å². The van der Waals surface area contributed by atoms with Crippen molar-refractivity contribution in [3.8, 4) is 0 Å². The van der Waals surface area contributed by atoms with Crippen molar-refractivity contribution >= 4 is 21.9 Å². The van der Waals surface area contributed by atoms with Gasteiger partial charge in [0.15, 0.2) is 0 Å². The van der Waals surface area contributed by atoms with E-state index in [1.807, 2.05) is 0 Å². The smallest absolute Gasteiger partial charge is 0.305 e. The highest BCUT2D eigenvalue weighted by Gasteiger charge is 2.19. The van der Waals surface area contributed by atoms with E-state index in [9.17, 15) is 4.79 Å². The van der Waals surface area contributed by atoms with E-state index in [1.165, 1.54) is 12.7 Å². The summed E-state index contributed by atoms with van der Waals surface area (Å²) in [5.41, 5.74) is 1.38. The first-order valence-corrected chi connectivity index (χ1v) is 7.28. The van der Waals surface area contributed by atoms with Crippen LogP contribution in [0.3, 0.4) is 0 Å². The molecule has 19 heavy (non-hydrogen) atoms. The van der Waals surface area contributed by atoms with Crippen LogP contribution in [0, 0.1) is 0 Å². The van der Waals surface area contributed by atoms with E-state index in [1.54, 1.807) is 0 Å². The van der Waals surface area contributed by atoms with Gasteiger partial charge in [0, 0.05) is 22.9 Å². The molecule has 0 unspecified atom stereocenters. The Morgan fingerprint density at radius 1 is 1.32 bits per heavy atom. The third kappa shape index (κ3) is 5.74. The second kappa shape index (κ2) is 7.65. The van der Waals surface area contributed by atoms with E-state index >= 15 is 0 Å². The van der Waals surface area contributed by atoms with E-state index < -0.39 is 0 Å². The molecule has 1 aromatic carbocycles. The largest absolute Gasteiger partial charge is 0.469 e. The van der Waals surface area contributed by atoms with Gasteiger partial charge in [0.2, 0.25) is 0 Å². The zero-order chi connectivity index (χ0) is 14.3. The number of methoxy groups -OCH3 is 1. The summed E-state index contributed by atoms with van der Waals surface area (Å²) >= 11 is 3.45. The Kier molecular flexibility index (Phi) is 6.52. The normalized spacial score (nSPS) is 11.4. The third-order valence-corrected chi connectivity index (χ3v) is 3.68. The van der Waals surface area contributed by atoms with E-state index in [0.29, 0.717) is 6.42 Å². The lowest BCUT2D eigenvalue weighted by molar-refractivity contribution is -0.140. The molecule has 4 heteroatoms. The highest BCUT2D eigenvalue weighted by atomic mass is 79.9. The standard InChI is InChI=1S/C15H22BrNO2/c1-15(2,12-6-8-13(16)9-7-12)11-17-10-4-5-14(18)19-3/h6-9,17H,4-5,10-11H2,1-3H3. The Labute approximate surface area is 123 Å². The lowest BCUT2D eigenvalue weighted by Gasteiger charge is -2.26. The summed E-state index contributed by atoms with van der Waals surface area (Å²) in [6.45, 7) is 6.14. The number of carbonyl (C=O) groups is 1. The summed E-state index contributed by atoms with van der Waals surface area (Å²) in [5.74, 6) is -0.144. The van der Waals surface area contributed by atoms with Crippen LogP contribution in [0.15, 0.2) is 28.7 Å². The SMILES string of the molecule is COC(=O)CCCNCC(C)(C)c1ccc(Br)cc1. The minimum atomic E-state index is -0.144. The number of rotatable bonds is 7. The highest BCUT2D eigenvalue weighted by molar-refractivity contribution is 9.10. The summed E-state index contributed by atoms with van der Waals surface area (Å²) in [6.07, 6.45) is 1.28. The first-order chi connectivity index (χ1) is 8.95. The average Bonchev–Trinajstić information content (AvgIpc) is 2.38. The Morgan fingerprint density at radius 2 is 1.95 bits per heavy atom. The van der Waals surface area contributed by atoms with E-state index in [2.05, 4.69) is 64.1 Å². The van der Waals surface area contributed by atoms with Crippen molar-refractivity contribution in [1.29, 1.82) is 0 Å². The van der Waals surface area contributed by atoms with Crippen LogP contribution in [0.5, 0.6) is 0 Å². The van der Waals surface area contributed by atoms with Gasteiger partial charge >= 0.3 is 5.97 Å². The van der Waals surface area contributed by atoms with Gasteiger partial charge in [-0.15, -0.1) is 0 Å². The van der Waals surface area contributed by atoms with Gasteiger partial charge in [-0.3, -0.25) is 4.79 Å². The lowest BCUT2D eigenvalue weighted by Crippen LogP contribution is -2.33. The third-order valence-electron chi connectivity index (χ3n) is 3.15. The molecule has 1 N–H and O–H groups in total.